The van der Waals surface area contributed by atoms with E-state index in [1.165, 1.54) is 70.4 Å². The highest BCUT2D eigenvalue weighted by molar-refractivity contribution is 5.42. The smallest absolute Gasteiger partial charge is 0.171 e. The quantitative estimate of drug-likeness (QED) is 0.258. The van der Waals surface area contributed by atoms with Crippen molar-refractivity contribution in [2.75, 3.05) is 0 Å². The van der Waals surface area contributed by atoms with Gasteiger partial charge in [0.1, 0.15) is 0 Å². The minimum absolute atomic E-state index is 0.0347. The SMILES string of the molecule is [2H]C(C)(CC)CC.[2H]C([2H])(C)C1(C(F)(F)F)CCCC1.[2H]C([2H])(C)C1(C)CCCC1.[2H]C([2H])([2H])C([2H])(C)c1cc(C([2H])(C)C([2H])([2H])[2H])c(C)c(C([2H])(C)C([2H])([2H])[2H])c1.[2H]C1(C)CCC2(CC1)CCC(C)(C)CC2. The van der Waals surface area contributed by atoms with E-state index in [2.05, 4.69) is 41.5 Å². The maximum Gasteiger partial charge on any atom is 0.394 e. The van der Waals surface area contributed by atoms with Crippen molar-refractivity contribution in [2.45, 2.75) is 263 Å². The number of benzene rings is 1. The molecule has 0 heterocycles. The summed E-state index contributed by atoms with van der Waals surface area (Å²) < 4.78 is 178. The molecular formula is C52H95F3. The molecule has 3 atom stereocenters. The lowest BCUT2D eigenvalue weighted by molar-refractivity contribution is -0.223. The fourth-order valence-electron chi connectivity index (χ4n) is 8.18. The number of hydrogen-bond acceptors (Lipinski definition) is 0. The summed E-state index contributed by atoms with van der Waals surface area (Å²) in [5, 5.41) is 0. The van der Waals surface area contributed by atoms with Crippen LogP contribution in [0.25, 0.3) is 0 Å². The molecule has 0 radical (unpaired) electrons. The fraction of sp³-hybridized carbons (Fsp3) is 0.885. The van der Waals surface area contributed by atoms with Gasteiger partial charge in [0.25, 0.3) is 0 Å². The highest BCUT2D eigenvalue weighted by atomic mass is 19.4. The molecule has 1 aromatic carbocycles. The Morgan fingerprint density at radius 2 is 1.15 bits per heavy atom. The second-order valence-electron chi connectivity index (χ2n) is 18.4. The minimum Gasteiger partial charge on any atom is -0.171 e. The fourth-order valence-corrected chi connectivity index (χ4v) is 8.18. The first-order valence-electron chi connectivity index (χ1n) is 30.3. The second-order valence-corrected chi connectivity index (χ2v) is 18.4. The molecule has 0 aliphatic heterocycles. The molecule has 1 spiro atoms. The number of hydrogen-bond donors (Lipinski definition) is 0. The van der Waals surface area contributed by atoms with E-state index in [-0.39, 0.29) is 52.3 Å². The molecule has 4 aliphatic carbocycles. The largest absolute Gasteiger partial charge is 0.394 e. The Morgan fingerprint density at radius 1 is 0.709 bits per heavy atom. The van der Waals surface area contributed by atoms with Crippen LogP contribution in [0.1, 0.15) is 297 Å². The topological polar surface area (TPSA) is 0 Å². The summed E-state index contributed by atoms with van der Waals surface area (Å²) in [5.74, 6) is -6.87. The first kappa shape index (κ1) is 29.3. The van der Waals surface area contributed by atoms with Gasteiger partial charge in [0, 0.05) is 24.7 Å². The van der Waals surface area contributed by atoms with Gasteiger partial charge in [0.15, 0.2) is 0 Å². The molecule has 0 nitrogen and oxygen atoms in total. The van der Waals surface area contributed by atoms with E-state index in [9.17, 15) is 13.2 Å². The Morgan fingerprint density at radius 3 is 1.45 bits per heavy atom. The molecule has 0 saturated heterocycles. The molecule has 0 amide bonds. The molecule has 324 valence electrons. The Hall–Kier alpha value is -0.990. The summed E-state index contributed by atoms with van der Waals surface area (Å²) in [7, 11) is 0. The van der Waals surface area contributed by atoms with Crippen LogP contribution in [0.2, 0.25) is 0 Å². The molecule has 0 aromatic heterocycles. The van der Waals surface area contributed by atoms with Crippen LogP contribution in [0.3, 0.4) is 0 Å². The molecule has 0 N–H and O–H groups in total. The van der Waals surface area contributed by atoms with Crippen LogP contribution >= 0.6 is 0 Å². The van der Waals surface area contributed by atoms with Gasteiger partial charge in [-0.05, 0) is 145 Å². The average Bonchev–Trinajstić information content (AvgIpc) is 3.92. The maximum absolute atomic E-state index is 12.7. The normalized spacial score (nSPS) is 31.3. The molecule has 4 aliphatic rings. The van der Waals surface area contributed by atoms with Crippen molar-refractivity contribution in [3.63, 3.8) is 0 Å². The Balaban J connectivity index is 0.000000498. The van der Waals surface area contributed by atoms with Crippen molar-refractivity contribution in [1.29, 1.82) is 0 Å². The van der Waals surface area contributed by atoms with Crippen LogP contribution in [0.15, 0.2) is 12.1 Å². The van der Waals surface area contributed by atoms with Gasteiger partial charge in [-0.1, -0.05) is 174 Å². The highest BCUT2D eigenvalue weighted by Gasteiger charge is 2.54. The Kier molecular flexibility index (Phi) is 12.5. The standard InChI is InChI=1S/C16H26.C14H26.C8H13F3.C8H16.C6H14/c1-10(2)14-8-15(11(3)4)13(7)16(9-14)12(5)6;1-12-4-6-14(7-5-12)10-8-13(2,3)9-11-14;1-2-7(8(9,10)11)5-3-4-6-7;1-3-8(2)6-4-5-7-8;1-4-6(3)5-2/h8-12H,1-7H3;12H,4-11H2,1-3H3;2-6H2,1H3;3-7H2,1-2H3;6H,4-5H2,1-3H3/i1D3,3D3,5D3,10D,11D,12D;12D;2D2;3D2;6D. The predicted octanol–water partition coefficient (Wildman–Crippen LogP) is 19.1. The number of halogens is 3. The summed E-state index contributed by atoms with van der Waals surface area (Å²) in [5.41, 5.74) is -1.17. The van der Waals surface area contributed by atoms with E-state index in [4.69, 9.17) is 24.7 Å². The second kappa shape index (κ2) is 23.6. The minimum atomic E-state index is -4.41. The molecular weight excluding hydrogens is 682 g/mol. The van der Waals surface area contributed by atoms with Crippen LogP contribution in [-0.2, 0) is 0 Å². The first-order chi connectivity index (χ1) is 32.1. The van der Waals surface area contributed by atoms with Crippen LogP contribution in [0.4, 0.5) is 13.2 Å². The zero-order valence-corrected chi connectivity index (χ0v) is 37.5. The van der Waals surface area contributed by atoms with Gasteiger partial charge in [-0.25, -0.2) is 0 Å². The van der Waals surface area contributed by atoms with Crippen molar-refractivity contribution in [3.8, 4) is 0 Å². The number of alkyl halides is 3. The molecule has 3 heteroatoms. The van der Waals surface area contributed by atoms with E-state index in [1.807, 2.05) is 6.92 Å². The maximum atomic E-state index is 12.7. The van der Waals surface area contributed by atoms with E-state index in [0.717, 1.165) is 66.2 Å². The van der Waals surface area contributed by atoms with Gasteiger partial charge >= 0.3 is 6.18 Å². The van der Waals surface area contributed by atoms with Gasteiger partial charge in [-0.15, -0.1) is 0 Å². The number of rotatable bonds is 7. The van der Waals surface area contributed by atoms with Crippen LogP contribution < -0.4 is 0 Å². The van der Waals surface area contributed by atoms with Gasteiger partial charge in [-0.3, -0.25) is 0 Å². The summed E-state index contributed by atoms with van der Waals surface area (Å²) in [6, 6.07) is 2.35. The molecule has 4 saturated carbocycles. The van der Waals surface area contributed by atoms with E-state index < -0.39 is 62.6 Å². The predicted molar refractivity (Wildman–Crippen MR) is 240 cm³/mol. The molecule has 5 rings (SSSR count). The van der Waals surface area contributed by atoms with Crippen molar-refractivity contribution in [1.82, 2.24) is 0 Å². The lowest BCUT2D eigenvalue weighted by Gasteiger charge is -2.47. The molecule has 55 heavy (non-hydrogen) atoms. The lowest BCUT2D eigenvalue weighted by Crippen LogP contribution is -2.34. The monoisotopic (exact) mass is 795 g/mol. The molecule has 0 bridgehead atoms. The van der Waals surface area contributed by atoms with Crippen molar-refractivity contribution in [2.24, 2.45) is 33.4 Å². The molecule has 3 unspecified atom stereocenters. The first-order valence-corrected chi connectivity index (χ1v) is 21.3. The van der Waals surface area contributed by atoms with Gasteiger partial charge in [-0.2, -0.15) is 13.2 Å². The van der Waals surface area contributed by atoms with Crippen molar-refractivity contribution in [3.05, 3.63) is 34.4 Å². The van der Waals surface area contributed by atoms with Crippen LogP contribution in [0, 0.1) is 40.4 Å². The van der Waals surface area contributed by atoms with Crippen LogP contribution in [-0.4, -0.2) is 6.18 Å². The molecule has 1 aromatic rings. The summed E-state index contributed by atoms with van der Waals surface area (Å²) in [6.45, 7) is 14.2. The third-order valence-corrected chi connectivity index (χ3v) is 13.5. The van der Waals surface area contributed by atoms with Crippen molar-refractivity contribution < 1.29 is 37.8 Å². The zero-order valence-electron chi connectivity index (χ0n) is 55.5. The van der Waals surface area contributed by atoms with Gasteiger partial charge in [0.2, 0.25) is 0 Å². The van der Waals surface area contributed by atoms with E-state index in [0.29, 0.717) is 23.7 Å². The summed E-state index contributed by atoms with van der Waals surface area (Å²) in [4.78, 5) is 0. The zero-order chi connectivity index (χ0) is 58.0. The van der Waals surface area contributed by atoms with Crippen LogP contribution in [0.5, 0.6) is 0 Å². The Bertz CT molecular complexity index is 1760. The third kappa shape index (κ3) is 17.0. The summed E-state index contributed by atoms with van der Waals surface area (Å²) in [6.07, 6.45) is 10.3. The third-order valence-electron chi connectivity index (χ3n) is 13.5. The average molecular weight is 795 g/mol. The van der Waals surface area contributed by atoms with Crippen molar-refractivity contribution >= 4 is 0 Å². The highest BCUT2D eigenvalue weighted by Crippen LogP contribution is 2.54. The van der Waals surface area contributed by atoms with Gasteiger partial charge in [0.05, 0.1) is 5.41 Å². The lowest BCUT2D eigenvalue weighted by atomic mass is 9.59. The van der Waals surface area contributed by atoms with E-state index in [1.54, 1.807) is 6.92 Å². The summed E-state index contributed by atoms with van der Waals surface area (Å²) >= 11 is 0. The van der Waals surface area contributed by atoms with Gasteiger partial charge < -0.3 is 0 Å². The Labute approximate surface area is 368 Å². The molecule has 4 fully saturated rings. The van der Waals surface area contributed by atoms with E-state index >= 15 is 0 Å².